The van der Waals surface area contributed by atoms with Crippen molar-refractivity contribution in [1.29, 1.82) is 0 Å². The van der Waals surface area contributed by atoms with Crippen molar-refractivity contribution in [3.05, 3.63) is 52.6 Å². The summed E-state index contributed by atoms with van der Waals surface area (Å²) >= 11 is 0. The maximum Gasteiger partial charge on any atom is 0.410 e. The smallest absolute Gasteiger partial charge is 0.410 e. The number of piperidine rings is 1. The first-order chi connectivity index (χ1) is 19.5. The Bertz CT molecular complexity index is 1710. The number of likely N-dealkylation sites (tertiary alicyclic amines) is 1. The van der Waals surface area contributed by atoms with Crippen molar-refractivity contribution in [2.24, 2.45) is 7.05 Å². The first-order valence-electron chi connectivity index (χ1n) is 14.1. The van der Waals surface area contributed by atoms with Crippen molar-refractivity contribution in [2.75, 3.05) is 20.4 Å². The molecule has 1 aliphatic carbocycles. The maximum absolute atomic E-state index is 13.7. The largest absolute Gasteiger partial charge is 0.466 e. The summed E-state index contributed by atoms with van der Waals surface area (Å²) in [4.78, 5) is 33.4. The Kier molecular flexibility index (Phi) is 6.56. The number of amides is 1. The topological polar surface area (TPSA) is 101 Å². The van der Waals surface area contributed by atoms with Crippen molar-refractivity contribution in [2.45, 2.75) is 70.6 Å². The molecule has 1 saturated heterocycles. The number of pyridine rings is 2. The number of nitrogens with zero attached hydrogens (tertiary/aromatic N) is 5. The van der Waals surface area contributed by atoms with E-state index in [1.165, 1.54) is 0 Å². The lowest BCUT2D eigenvalue weighted by Crippen LogP contribution is -2.50. The molecule has 1 saturated carbocycles. The second-order valence-electron chi connectivity index (χ2n) is 12.3. The van der Waals surface area contributed by atoms with Gasteiger partial charge in [-0.05, 0) is 77.6 Å². The molecule has 0 bridgehead atoms. The molecule has 41 heavy (non-hydrogen) atoms. The van der Waals surface area contributed by atoms with Gasteiger partial charge in [0, 0.05) is 61.2 Å². The first kappa shape index (κ1) is 27.3. The van der Waals surface area contributed by atoms with Crippen molar-refractivity contribution in [1.82, 2.24) is 24.2 Å². The number of rotatable bonds is 5. The van der Waals surface area contributed by atoms with Gasteiger partial charge in [-0.2, -0.15) is 5.10 Å². The Hall–Kier alpha value is -3.92. The molecule has 2 aliphatic rings. The van der Waals surface area contributed by atoms with Gasteiger partial charge in [-0.25, -0.2) is 9.78 Å². The zero-order chi connectivity index (χ0) is 29.1. The van der Waals surface area contributed by atoms with Gasteiger partial charge in [-0.15, -0.1) is 0 Å². The van der Waals surface area contributed by atoms with Crippen LogP contribution in [0.15, 0.2) is 41.5 Å². The quantitative estimate of drug-likeness (QED) is 0.304. The molecule has 1 spiro atoms. The van der Waals surface area contributed by atoms with Crippen LogP contribution in [0.5, 0.6) is 5.75 Å². The highest BCUT2D eigenvalue weighted by atomic mass is 16.7. The predicted octanol–water partition coefficient (Wildman–Crippen LogP) is 5.35. The molecule has 216 valence electrons. The second-order valence-corrected chi connectivity index (χ2v) is 12.3. The van der Waals surface area contributed by atoms with E-state index in [1.54, 1.807) is 11.8 Å². The van der Waals surface area contributed by atoms with E-state index in [-0.39, 0.29) is 30.0 Å². The van der Waals surface area contributed by atoms with Crippen molar-refractivity contribution < 1.29 is 19.0 Å². The van der Waals surface area contributed by atoms with Crippen LogP contribution in [-0.4, -0.2) is 61.9 Å². The summed E-state index contributed by atoms with van der Waals surface area (Å²) in [7, 11) is 3.47. The Morgan fingerprint density at radius 2 is 1.98 bits per heavy atom. The third-order valence-electron chi connectivity index (χ3n) is 8.19. The number of ether oxygens (including phenoxy) is 3. The Morgan fingerprint density at radius 1 is 1.20 bits per heavy atom. The van der Waals surface area contributed by atoms with Gasteiger partial charge in [0.1, 0.15) is 11.4 Å². The molecule has 10 nitrogen and oxygen atoms in total. The molecule has 10 heteroatoms. The number of hydrogen-bond acceptors (Lipinski definition) is 7. The van der Waals surface area contributed by atoms with Crippen LogP contribution in [0.2, 0.25) is 0 Å². The molecular formula is C31H37N5O5. The Morgan fingerprint density at radius 3 is 2.68 bits per heavy atom. The number of aryl methyl sites for hydroxylation is 2. The highest BCUT2D eigenvalue weighted by Gasteiger charge is 2.54. The van der Waals surface area contributed by atoms with E-state index >= 15 is 0 Å². The SMILES string of the molecule is COCOc1c(-c2ccc3c(=O)n(C4CCN(C(=O)OC(C)(C)C)C5(CC5)C4)ccc3n2)cc2cn(C)nc2c1C. The minimum atomic E-state index is -0.537. The Labute approximate surface area is 238 Å². The summed E-state index contributed by atoms with van der Waals surface area (Å²) < 4.78 is 20.5. The lowest BCUT2D eigenvalue weighted by atomic mass is 9.94. The number of methoxy groups -OCH3 is 1. The third-order valence-corrected chi connectivity index (χ3v) is 8.19. The van der Waals surface area contributed by atoms with Crippen molar-refractivity contribution in [3.8, 4) is 17.0 Å². The Balaban J connectivity index is 1.32. The zero-order valence-corrected chi connectivity index (χ0v) is 24.6. The number of carbonyl (C=O) groups excluding carboxylic acids is 1. The molecule has 4 aromatic rings. The fourth-order valence-electron chi connectivity index (χ4n) is 6.13. The fourth-order valence-corrected chi connectivity index (χ4v) is 6.13. The summed E-state index contributed by atoms with van der Waals surface area (Å²) in [5, 5.41) is 6.12. The minimum Gasteiger partial charge on any atom is -0.466 e. The number of benzene rings is 1. The highest BCUT2D eigenvalue weighted by Crippen LogP contribution is 2.51. The van der Waals surface area contributed by atoms with Gasteiger partial charge in [0.25, 0.3) is 5.56 Å². The van der Waals surface area contributed by atoms with Crippen molar-refractivity contribution >= 4 is 27.9 Å². The lowest BCUT2D eigenvalue weighted by Gasteiger charge is -2.41. The van der Waals surface area contributed by atoms with Crippen LogP contribution in [0.1, 0.15) is 58.1 Å². The van der Waals surface area contributed by atoms with Crippen LogP contribution in [0.25, 0.3) is 33.1 Å². The van der Waals surface area contributed by atoms with Gasteiger partial charge in [-0.1, -0.05) is 0 Å². The van der Waals surface area contributed by atoms with Gasteiger partial charge < -0.3 is 23.7 Å². The summed E-state index contributed by atoms with van der Waals surface area (Å²) in [5.41, 5.74) is 3.08. The number of carbonyl (C=O) groups is 1. The predicted molar refractivity (Wildman–Crippen MR) is 156 cm³/mol. The standard InChI is InChI=1S/C31H37N5O5/c1-19-26-20(17-34(5)33-26)15-23(27(19)40-18-39-6)24-8-7-22-25(32-24)10-13-35(28(22)37)21-9-14-36(31(16-21)11-12-31)29(38)41-30(2,3)4/h7-8,10,13,15,17,21H,9,11-12,14,16,18H2,1-6H3. The van der Waals surface area contributed by atoms with E-state index in [0.717, 1.165) is 41.3 Å². The summed E-state index contributed by atoms with van der Waals surface area (Å²) in [6.45, 7) is 8.30. The molecule has 3 aromatic heterocycles. The molecule has 0 N–H and O–H groups in total. The van der Waals surface area contributed by atoms with Crippen LogP contribution in [-0.2, 0) is 16.5 Å². The molecule has 1 aromatic carbocycles. The van der Waals surface area contributed by atoms with E-state index < -0.39 is 5.60 Å². The second kappa shape index (κ2) is 9.87. The molecule has 1 unspecified atom stereocenters. The summed E-state index contributed by atoms with van der Waals surface area (Å²) in [6.07, 6.45) is 6.87. The maximum atomic E-state index is 13.7. The molecule has 4 heterocycles. The van der Waals surface area contributed by atoms with Gasteiger partial charge in [-0.3, -0.25) is 9.48 Å². The first-order valence-corrected chi connectivity index (χ1v) is 14.1. The van der Waals surface area contributed by atoms with E-state index in [4.69, 9.17) is 19.2 Å². The fraction of sp³-hybridized carbons (Fsp3) is 0.484. The molecule has 1 amide bonds. The monoisotopic (exact) mass is 559 g/mol. The van der Waals surface area contributed by atoms with Gasteiger partial charge in [0.2, 0.25) is 0 Å². The molecular weight excluding hydrogens is 522 g/mol. The molecule has 0 radical (unpaired) electrons. The van der Waals surface area contributed by atoms with Crippen LogP contribution < -0.4 is 10.3 Å². The normalized spacial score (nSPS) is 18.3. The van der Waals surface area contributed by atoms with E-state index in [0.29, 0.717) is 35.3 Å². The average Bonchev–Trinajstić information content (AvgIpc) is 3.56. The van der Waals surface area contributed by atoms with Crippen LogP contribution >= 0.6 is 0 Å². The van der Waals surface area contributed by atoms with Gasteiger partial charge in [0.15, 0.2) is 6.79 Å². The van der Waals surface area contributed by atoms with Gasteiger partial charge >= 0.3 is 6.09 Å². The average molecular weight is 560 g/mol. The van der Waals surface area contributed by atoms with Crippen LogP contribution in [0.3, 0.4) is 0 Å². The highest BCUT2D eigenvalue weighted by molar-refractivity contribution is 5.92. The molecule has 1 atom stereocenters. The van der Waals surface area contributed by atoms with Crippen molar-refractivity contribution in [3.63, 3.8) is 0 Å². The number of hydrogen-bond donors (Lipinski definition) is 0. The molecule has 2 fully saturated rings. The third kappa shape index (κ3) is 4.94. The minimum absolute atomic E-state index is 0.0115. The number of fused-ring (bicyclic) bond motifs is 2. The molecule has 6 rings (SSSR count). The lowest BCUT2D eigenvalue weighted by molar-refractivity contribution is 0.000493. The molecule has 1 aliphatic heterocycles. The number of aromatic nitrogens is 4. The van der Waals surface area contributed by atoms with E-state index in [2.05, 4.69) is 5.10 Å². The van der Waals surface area contributed by atoms with Crippen LogP contribution in [0.4, 0.5) is 4.79 Å². The van der Waals surface area contributed by atoms with E-state index in [1.807, 2.05) is 80.9 Å². The van der Waals surface area contributed by atoms with Gasteiger partial charge in [0.05, 0.1) is 22.1 Å². The zero-order valence-electron chi connectivity index (χ0n) is 24.6. The summed E-state index contributed by atoms with van der Waals surface area (Å²) in [5.74, 6) is 0.657. The van der Waals surface area contributed by atoms with E-state index in [9.17, 15) is 9.59 Å². The van der Waals surface area contributed by atoms with Crippen LogP contribution in [0, 0.1) is 6.92 Å². The summed E-state index contributed by atoms with van der Waals surface area (Å²) in [6, 6.07) is 7.66.